The van der Waals surface area contributed by atoms with Crippen molar-refractivity contribution >= 4 is 18.9 Å². The number of carbonyl (C=O) groups is 2. The van der Waals surface area contributed by atoms with Crippen LogP contribution >= 0.6 is 0 Å². The van der Waals surface area contributed by atoms with Crippen LogP contribution < -0.4 is 10.6 Å². The van der Waals surface area contributed by atoms with Crippen molar-refractivity contribution in [2.75, 3.05) is 0 Å². The summed E-state index contributed by atoms with van der Waals surface area (Å²) in [4.78, 5) is 26.6. The maximum atomic E-state index is 13.5. The second-order valence-corrected chi connectivity index (χ2v) is 14.1. The summed E-state index contributed by atoms with van der Waals surface area (Å²) < 4.78 is 12.9. The molecule has 5 atom stereocenters. The fraction of sp³-hybridized carbons (Fsp3) is 0.933. The Morgan fingerprint density at radius 2 is 1.68 bits per heavy atom. The van der Waals surface area contributed by atoms with Gasteiger partial charge in [-0.1, -0.05) is 87.0 Å². The van der Waals surface area contributed by atoms with E-state index >= 15 is 0 Å². The molecule has 1 aliphatic heterocycles. The first-order chi connectivity index (χ1) is 17.6. The molecule has 1 aliphatic carbocycles. The highest BCUT2D eigenvalue weighted by Crippen LogP contribution is 2.48. The van der Waals surface area contributed by atoms with E-state index in [4.69, 9.17) is 9.31 Å². The van der Waals surface area contributed by atoms with E-state index in [1.165, 1.54) is 25.7 Å². The van der Waals surface area contributed by atoms with Crippen molar-refractivity contribution in [3.05, 3.63) is 0 Å². The molecule has 38 heavy (non-hydrogen) atoms. The van der Waals surface area contributed by atoms with Gasteiger partial charge in [-0.25, -0.2) is 0 Å². The van der Waals surface area contributed by atoms with Gasteiger partial charge in [-0.05, 0) is 57.3 Å². The van der Waals surface area contributed by atoms with Crippen LogP contribution in [-0.4, -0.2) is 53.8 Å². The Balaban J connectivity index is 2.03. The second kappa shape index (κ2) is 14.0. The molecule has 2 fully saturated rings. The third kappa shape index (κ3) is 9.51. The summed E-state index contributed by atoms with van der Waals surface area (Å²) in [5.41, 5.74) is -0.820. The van der Waals surface area contributed by atoms with E-state index in [1.807, 2.05) is 13.8 Å². The summed E-state index contributed by atoms with van der Waals surface area (Å²) >= 11 is 0. The van der Waals surface area contributed by atoms with Crippen molar-refractivity contribution in [1.82, 2.24) is 10.6 Å². The standard InChI is InChI=1S/C30H57BN2O5/c1-10-11-12-13-14-15-17-29(7,8)27(36)33-25(22(4)34)26(35)32-24(19-21(2)3)31-37-23-16-18-28(5,6)20-30(23,9)38-31/h21-25,34H,10-20H2,1-9H3,(H,32,35)(H,33,36)/t22-,23-,24+,25+,30+/m1/s1. The first-order valence-corrected chi connectivity index (χ1v) is 15.2. The van der Waals surface area contributed by atoms with Crippen LogP contribution in [0.2, 0.25) is 0 Å². The highest BCUT2D eigenvalue weighted by atomic mass is 16.7. The zero-order chi connectivity index (χ0) is 28.7. The molecule has 1 saturated carbocycles. The fourth-order valence-electron chi connectivity index (χ4n) is 6.16. The van der Waals surface area contributed by atoms with Gasteiger partial charge < -0.3 is 25.0 Å². The van der Waals surface area contributed by atoms with Crippen molar-refractivity contribution in [2.45, 2.75) is 163 Å². The Kier molecular flexibility index (Phi) is 12.2. The highest BCUT2D eigenvalue weighted by molar-refractivity contribution is 6.47. The van der Waals surface area contributed by atoms with Crippen molar-refractivity contribution < 1.29 is 24.0 Å². The van der Waals surface area contributed by atoms with Crippen LogP contribution in [0.15, 0.2) is 0 Å². The molecule has 0 unspecified atom stereocenters. The van der Waals surface area contributed by atoms with Gasteiger partial charge in [0.2, 0.25) is 11.8 Å². The summed E-state index contributed by atoms with van der Waals surface area (Å²) in [7, 11) is -0.556. The number of carbonyl (C=O) groups excluding carboxylic acids is 2. The summed E-state index contributed by atoms with van der Waals surface area (Å²) in [6.45, 7) is 18.4. The maximum Gasteiger partial charge on any atom is 0.481 e. The predicted octanol–water partition coefficient (Wildman–Crippen LogP) is 5.57. The molecule has 0 aromatic rings. The van der Waals surface area contributed by atoms with E-state index < -0.39 is 30.6 Å². The molecule has 0 aromatic carbocycles. The normalized spacial score (nSPS) is 25.6. The van der Waals surface area contributed by atoms with Crippen LogP contribution in [0.5, 0.6) is 0 Å². The molecule has 2 aliphatic rings. The summed E-state index contributed by atoms with van der Waals surface area (Å²) in [6, 6.07) is -1.04. The van der Waals surface area contributed by atoms with E-state index in [0.717, 1.165) is 38.5 Å². The molecular weight excluding hydrogens is 479 g/mol. The summed E-state index contributed by atoms with van der Waals surface area (Å²) in [5, 5.41) is 16.4. The van der Waals surface area contributed by atoms with Crippen LogP contribution in [0.1, 0.15) is 133 Å². The number of aliphatic hydroxyl groups excluding tert-OH is 1. The SMILES string of the molecule is CCCCCCCCC(C)(C)C(=O)N[C@H](C(=O)N[C@@H](CC(C)C)B1O[C@@H]2CCC(C)(C)C[C@]2(C)O1)[C@@H](C)O. The lowest BCUT2D eigenvalue weighted by Gasteiger charge is -2.43. The summed E-state index contributed by atoms with van der Waals surface area (Å²) in [6.07, 6.45) is 10.3. The minimum absolute atomic E-state index is 0.00197. The molecule has 220 valence electrons. The lowest BCUT2D eigenvalue weighted by molar-refractivity contribution is -0.136. The number of hydrogen-bond donors (Lipinski definition) is 3. The molecule has 8 heteroatoms. The van der Waals surface area contributed by atoms with E-state index in [9.17, 15) is 14.7 Å². The Labute approximate surface area is 233 Å². The van der Waals surface area contributed by atoms with E-state index in [0.29, 0.717) is 12.3 Å². The molecule has 1 heterocycles. The number of aliphatic hydroxyl groups is 1. The van der Waals surface area contributed by atoms with Gasteiger partial charge in [0, 0.05) is 5.41 Å². The minimum atomic E-state index is -1.04. The van der Waals surface area contributed by atoms with Crippen LogP contribution in [0, 0.1) is 16.7 Å². The molecule has 2 rings (SSSR count). The molecule has 7 nitrogen and oxygen atoms in total. The number of hydrogen-bond acceptors (Lipinski definition) is 5. The van der Waals surface area contributed by atoms with Crippen LogP contribution in [0.4, 0.5) is 0 Å². The lowest BCUT2D eigenvalue weighted by Crippen LogP contribution is -2.59. The van der Waals surface area contributed by atoms with Crippen LogP contribution in [0.25, 0.3) is 0 Å². The van der Waals surface area contributed by atoms with Gasteiger partial charge in [0.15, 0.2) is 0 Å². The Morgan fingerprint density at radius 1 is 1.05 bits per heavy atom. The van der Waals surface area contributed by atoms with Gasteiger partial charge in [0.25, 0.3) is 0 Å². The topological polar surface area (TPSA) is 96.9 Å². The van der Waals surface area contributed by atoms with Crippen molar-refractivity contribution in [3.63, 3.8) is 0 Å². The molecule has 1 saturated heterocycles. The monoisotopic (exact) mass is 536 g/mol. The molecule has 0 bridgehead atoms. The zero-order valence-corrected chi connectivity index (χ0v) is 25.8. The first-order valence-electron chi connectivity index (χ1n) is 15.2. The van der Waals surface area contributed by atoms with Gasteiger partial charge in [-0.3, -0.25) is 9.59 Å². The fourth-order valence-corrected chi connectivity index (χ4v) is 6.16. The van der Waals surface area contributed by atoms with Gasteiger partial charge in [-0.2, -0.15) is 0 Å². The molecule has 3 N–H and O–H groups in total. The Morgan fingerprint density at radius 3 is 2.29 bits per heavy atom. The van der Waals surface area contributed by atoms with Crippen LogP contribution in [0.3, 0.4) is 0 Å². The van der Waals surface area contributed by atoms with Crippen molar-refractivity contribution in [2.24, 2.45) is 16.7 Å². The third-order valence-electron chi connectivity index (χ3n) is 8.48. The average Bonchev–Trinajstić information content (AvgIpc) is 3.13. The molecule has 0 radical (unpaired) electrons. The number of amides is 2. The van der Waals surface area contributed by atoms with Gasteiger partial charge in [-0.15, -0.1) is 0 Å². The Bertz CT molecular complexity index is 772. The van der Waals surface area contributed by atoms with E-state index in [-0.39, 0.29) is 29.0 Å². The van der Waals surface area contributed by atoms with Gasteiger partial charge >= 0.3 is 7.12 Å². The van der Waals surface area contributed by atoms with E-state index in [1.54, 1.807) is 6.92 Å². The molecular formula is C30H57BN2O5. The maximum absolute atomic E-state index is 13.5. The zero-order valence-electron chi connectivity index (χ0n) is 25.8. The molecule has 0 aromatic heterocycles. The Hall–Kier alpha value is -1.12. The summed E-state index contributed by atoms with van der Waals surface area (Å²) in [5.74, 6) is -0.680. The first kappa shape index (κ1) is 33.1. The lowest BCUT2D eigenvalue weighted by atomic mass is 9.69. The largest absolute Gasteiger partial charge is 0.481 e. The third-order valence-corrected chi connectivity index (χ3v) is 8.48. The van der Waals surface area contributed by atoms with Crippen LogP contribution in [-0.2, 0) is 18.9 Å². The van der Waals surface area contributed by atoms with Gasteiger partial charge in [0.05, 0.1) is 23.8 Å². The van der Waals surface area contributed by atoms with E-state index in [2.05, 4.69) is 52.2 Å². The smallest absolute Gasteiger partial charge is 0.404 e. The predicted molar refractivity (Wildman–Crippen MR) is 155 cm³/mol. The molecule has 0 spiro atoms. The second-order valence-electron chi connectivity index (χ2n) is 14.1. The number of rotatable bonds is 15. The molecule has 2 amide bonds. The highest BCUT2D eigenvalue weighted by Gasteiger charge is 2.55. The van der Waals surface area contributed by atoms with Crippen molar-refractivity contribution in [3.8, 4) is 0 Å². The number of unbranched alkanes of at least 4 members (excludes halogenated alkanes) is 5. The quantitative estimate of drug-likeness (QED) is 0.188. The number of fused-ring (bicyclic) bond motifs is 1. The average molecular weight is 537 g/mol. The number of nitrogens with one attached hydrogen (secondary N) is 2. The van der Waals surface area contributed by atoms with Crippen molar-refractivity contribution in [1.29, 1.82) is 0 Å². The van der Waals surface area contributed by atoms with Gasteiger partial charge in [0.1, 0.15) is 6.04 Å². The minimum Gasteiger partial charge on any atom is -0.404 e.